The van der Waals surface area contributed by atoms with Gasteiger partial charge in [-0.15, -0.1) is 0 Å². The van der Waals surface area contributed by atoms with Gasteiger partial charge in [-0.1, -0.05) is 60.1 Å². The van der Waals surface area contributed by atoms with E-state index in [4.69, 9.17) is 17.3 Å². The minimum absolute atomic E-state index is 0.294. The number of benzene rings is 3. The van der Waals surface area contributed by atoms with Crippen LogP contribution in [-0.4, -0.2) is 27.9 Å². The van der Waals surface area contributed by atoms with Crippen molar-refractivity contribution in [2.75, 3.05) is 5.73 Å². The fourth-order valence-electron chi connectivity index (χ4n) is 4.35. The molecule has 6 heteroatoms. The first-order valence-electron chi connectivity index (χ1n) is 10.1. The number of carboxylic acid groups (broad SMARTS) is 1. The number of hydrogen-bond donors (Lipinski definition) is 2. The van der Waals surface area contributed by atoms with Gasteiger partial charge in [0.05, 0.1) is 11.6 Å². The predicted molar refractivity (Wildman–Crippen MR) is 122 cm³/mol. The molecule has 0 aliphatic carbocycles. The van der Waals surface area contributed by atoms with Crippen molar-refractivity contribution in [3.63, 3.8) is 0 Å². The van der Waals surface area contributed by atoms with Crippen molar-refractivity contribution >= 4 is 29.2 Å². The first kappa shape index (κ1) is 20.9. The van der Waals surface area contributed by atoms with E-state index < -0.39 is 24.0 Å². The van der Waals surface area contributed by atoms with Crippen LogP contribution < -0.4 is 5.73 Å². The molecule has 31 heavy (non-hydrogen) atoms. The van der Waals surface area contributed by atoms with Gasteiger partial charge in [0.25, 0.3) is 5.91 Å². The normalized spacial score (nSPS) is 18.2. The topological polar surface area (TPSA) is 83.6 Å². The molecule has 0 aromatic heterocycles. The van der Waals surface area contributed by atoms with Crippen LogP contribution in [0.4, 0.5) is 5.69 Å². The molecule has 1 aliphatic rings. The quantitative estimate of drug-likeness (QED) is 0.544. The van der Waals surface area contributed by atoms with E-state index in [1.54, 1.807) is 18.2 Å². The van der Waals surface area contributed by atoms with Gasteiger partial charge in [-0.05, 0) is 60.2 Å². The van der Waals surface area contributed by atoms with Crippen LogP contribution in [0.25, 0.3) is 11.1 Å². The third kappa shape index (κ3) is 3.89. The average molecular weight is 435 g/mol. The molecule has 4 rings (SSSR count). The average Bonchev–Trinajstić information content (AvgIpc) is 3.19. The number of aliphatic carboxylic acids is 1. The maximum absolute atomic E-state index is 13.5. The molecule has 3 aromatic rings. The lowest BCUT2D eigenvalue weighted by Crippen LogP contribution is -2.42. The minimum atomic E-state index is -1.03. The Bertz CT molecular complexity index is 1160. The van der Waals surface area contributed by atoms with E-state index >= 15 is 0 Å². The number of nitrogens with two attached hydrogens (primary N) is 1. The summed E-state index contributed by atoms with van der Waals surface area (Å²) in [7, 11) is 0. The molecule has 158 valence electrons. The highest BCUT2D eigenvalue weighted by Gasteiger charge is 2.43. The summed E-state index contributed by atoms with van der Waals surface area (Å²) in [5, 5.41) is 10.3. The standard InChI is InChI=1S/C25H23ClN2O3/c1-15-6-2-3-7-17(15)16-10-11-19(21(27)14-16)24(29)28-22(12-13-23(28)25(30)31)18-8-4-5-9-20(18)26/h2-11,14,22-23H,12-13,27H2,1H3,(H,30,31)/t22-,23+/m1/s1. The molecule has 0 spiro atoms. The summed E-state index contributed by atoms with van der Waals surface area (Å²) >= 11 is 6.37. The highest BCUT2D eigenvalue weighted by molar-refractivity contribution is 6.31. The zero-order valence-electron chi connectivity index (χ0n) is 17.1. The summed E-state index contributed by atoms with van der Waals surface area (Å²) in [5.41, 5.74) is 10.7. The van der Waals surface area contributed by atoms with Gasteiger partial charge >= 0.3 is 5.97 Å². The number of nitrogen functional groups attached to an aromatic ring is 1. The summed E-state index contributed by atoms with van der Waals surface area (Å²) in [4.78, 5) is 26.9. The molecular weight excluding hydrogens is 412 g/mol. The molecule has 1 aliphatic heterocycles. The summed E-state index contributed by atoms with van der Waals surface area (Å²) in [5.74, 6) is -1.43. The van der Waals surface area contributed by atoms with Crippen LogP contribution in [0.2, 0.25) is 5.02 Å². The van der Waals surface area contributed by atoms with Gasteiger partial charge in [0.2, 0.25) is 0 Å². The van der Waals surface area contributed by atoms with Gasteiger partial charge in [-0.3, -0.25) is 4.79 Å². The summed E-state index contributed by atoms with van der Waals surface area (Å²) in [6, 6.07) is 19.1. The van der Waals surface area contributed by atoms with Crippen molar-refractivity contribution in [3.05, 3.63) is 88.4 Å². The van der Waals surface area contributed by atoms with E-state index in [0.29, 0.717) is 29.1 Å². The van der Waals surface area contributed by atoms with Gasteiger partial charge in [0.15, 0.2) is 0 Å². The summed E-state index contributed by atoms with van der Waals surface area (Å²) in [6.07, 6.45) is 0.881. The fraction of sp³-hybridized carbons (Fsp3) is 0.200. The number of halogens is 1. The molecule has 1 saturated heterocycles. The molecule has 0 bridgehead atoms. The van der Waals surface area contributed by atoms with Crippen LogP contribution in [-0.2, 0) is 4.79 Å². The van der Waals surface area contributed by atoms with Crippen LogP contribution in [0.1, 0.15) is 40.4 Å². The van der Waals surface area contributed by atoms with Crippen molar-refractivity contribution in [2.45, 2.75) is 31.8 Å². The zero-order valence-corrected chi connectivity index (χ0v) is 17.8. The molecule has 5 nitrogen and oxygen atoms in total. The Morgan fingerprint density at radius 1 is 1.03 bits per heavy atom. The van der Waals surface area contributed by atoms with E-state index in [1.807, 2.05) is 55.5 Å². The van der Waals surface area contributed by atoms with Crippen molar-refractivity contribution in [1.82, 2.24) is 4.90 Å². The minimum Gasteiger partial charge on any atom is -0.480 e. The van der Waals surface area contributed by atoms with E-state index in [2.05, 4.69) is 0 Å². The van der Waals surface area contributed by atoms with Crippen molar-refractivity contribution in [3.8, 4) is 11.1 Å². The van der Waals surface area contributed by atoms with Crippen molar-refractivity contribution in [1.29, 1.82) is 0 Å². The van der Waals surface area contributed by atoms with Gasteiger partial charge in [0.1, 0.15) is 6.04 Å². The number of likely N-dealkylation sites (tertiary alicyclic amines) is 1. The molecule has 0 unspecified atom stereocenters. The second kappa shape index (κ2) is 8.44. The van der Waals surface area contributed by atoms with E-state index in [-0.39, 0.29) is 0 Å². The number of hydrogen-bond acceptors (Lipinski definition) is 3. The highest BCUT2D eigenvalue weighted by atomic mass is 35.5. The number of anilines is 1. The largest absolute Gasteiger partial charge is 0.480 e. The SMILES string of the molecule is Cc1ccccc1-c1ccc(C(=O)N2[C@@H](c3ccccc3Cl)CC[C@H]2C(=O)O)c(N)c1. The molecular formula is C25H23ClN2O3. The molecule has 2 atom stereocenters. The Kier molecular flexibility index (Phi) is 5.70. The Labute approximate surface area is 186 Å². The van der Waals surface area contributed by atoms with Crippen LogP contribution in [0.15, 0.2) is 66.7 Å². The Morgan fingerprint density at radius 3 is 2.42 bits per heavy atom. The molecule has 1 heterocycles. The summed E-state index contributed by atoms with van der Waals surface area (Å²) in [6.45, 7) is 2.01. The monoisotopic (exact) mass is 434 g/mol. The number of rotatable bonds is 4. The number of amides is 1. The lowest BCUT2D eigenvalue weighted by Gasteiger charge is -2.29. The fourth-order valence-corrected chi connectivity index (χ4v) is 4.61. The van der Waals surface area contributed by atoms with Crippen molar-refractivity contribution in [2.24, 2.45) is 0 Å². The molecule has 3 aromatic carbocycles. The van der Waals surface area contributed by atoms with E-state index in [0.717, 1.165) is 22.3 Å². The van der Waals surface area contributed by atoms with Crippen LogP contribution in [0.3, 0.4) is 0 Å². The second-order valence-corrected chi connectivity index (χ2v) is 8.21. The smallest absolute Gasteiger partial charge is 0.326 e. The van der Waals surface area contributed by atoms with Gasteiger partial charge < -0.3 is 15.7 Å². The third-order valence-corrected chi connectivity index (χ3v) is 6.25. The highest BCUT2D eigenvalue weighted by Crippen LogP contribution is 2.41. The van der Waals surface area contributed by atoms with Gasteiger partial charge in [-0.2, -0.15) is 0 Å². The summed E-state index contributed by atoms with van der Waals surface area (Å²) < 4.78 is 0. The zero-order chi connectivity index (χ0) is 22.1. The third-order valence-electron chi connectivity index (χ3n) is 5.91. The Hall–Kier alpha value is -3.31. The van der Waals surface area contributed by atoms with E-state index in [9.17, 15) is 14.7 Å². The van der Waals surface area contributed by atoms with Gasteiger partial charge in [0, 0.05) is 10.7 Å². The molecule has 1 fully saturated rings. The van der Waals surface area contributed by atoms with Crippen LogP contribution >= 0.6 is 11.6 Å². The van der Waals surface area contributed by atoms with Crippen molar-refractivity contribution < 1.29 is 14.7 Å². The first-order chi connectivity index (χ1) is 14.9. The number of carboxylic acids is 1. The molecule has 1 amide bonds. The number of nitrogens with zero attached hydrogens (tertiary/aromatic N) is 1. The maximum Gasteiger partial charge on any atom is 0.326 e. The Balaban J connectivity index is 1.73. The first-order valence-corrected chi connectivity index (χ1v) is 10.5. The number of carbonyl (C=O) groups is 2. The number of carbonyl (C=O) groups excluding carboxylic acids is 1. The Morgan fingerprint density at radius 2 is 1.74 bits per heavy atom. The van der Waals surface area contributed by atoms with Gasteiger partial charge in [-0.25, -0.2) is 4.79 Å². The molecule has 3 N–H and O–H groups in total. The molecule has 0 saturated carbocycles. The van der Waals surface area contributed by atoms with Crippen LogP contribution in [0, 0.1) is 6.92 Å². The molecule has 0 radical (unpaired) electrons. The number of aryl methyl sites for hydroxylation is 1. The maximum atomic E-state index is 13.5. The van der Waals surface area contributed by atoms with Crippen LogP contribution in [0.5, 0.6) is 0 Å². The predicted octanol–water partition coefficient (Wildman–Crippen LogP) is 5.33. The van der Waals surface area contributed by atoms with E-state index in [1.165, 1.54) is 4.90 Å². The lowest BCUT2D eigenvalue weighted by atomic mass is 9.98. The lowest BCUT2D eigenvalue weighted by molar-refractivity contribution is -0.141. The second-order valence-electron chi connectivity index (χ2n) is 7.80.